The third kappa shape index (κ3) is 3.39. The van der Waals surface area contributed by atoms with Crippen molar-refractivity contribution in [3.8, 4) is 5.69 Å². The van der Waals surface area contributed by atoms with Gasteiger partial charge >= 0.3 is 5.97 Å². The van der Waals surface area contributed by atoms with Crippen molar-refractivity contribution in [2.45, 2.75) is 26.2 Å². The van der Waals surface area contributed by atoms with E-state index in [0.29, 0.717) is 25.9 Å². The predicted octanol–water partition coefficient (Wildman–Crippen LogP) is 3.57. The van der Waals surface area contributed by atoms with Crippen LogP contribution in [0.25, 0.3) is 5.69 Å². The number of carbonyl (C=O) groups is 2. The number of ether oxygens (including phenoxy) is 1. The van der Waals surface area contributed by atoms with Gasteiger partial charge in [-0.1, -0.05) is 17.4 Å². The number of nitrogen functional groups attached to an aromatic ring is 1. The Labute approximate surface area is 161 Å². The Kier molecular flexibility index (Phi) is 5.43. The van der Waals surface area contributed by atoms with Crippen molar-refractivity contribution < 1.29 is 14.3 Å². The van der Waals surface area contributed by atoms with E-state index in [1.165, 1.54) is 18.4 Å². The number of carbonyl (C=O) groups excluding carboxylic acids is 2. The molecule has 1 aliphatic rings. The SMILES string of the molecule is COC(=O)c1ccc(C)c(-n2c(N)c(C(=O)N3CCCCC3)sc2=S)c1. The van der Waals surface area contributed by atoms with Crippen molar-refractivity contribution >= 4 is 41.2 Å². The maximum Gasteiger partial charge on any atom is 0.337 e. The fraction of sp³-hybridized carbons (Fsp3) is 0.389. The van der Waals surface area contributed by atoms with Crippen LogP contribution < -0.4 is 5.73 Å². The number of hydrogen-bond acceptors (Lipinski definition) is 6. The molecule has 1 fully saturated rings. The zero-order valence-electron chi connectivity index (χ0n) is 14.8. The average Bonchev–Trinajstić information content (AvgIpc) is 2.96. The largest absolute Gasteiger partial charge is 0.465 e. The summed E-state index contributed by atoms with van der Waals surface area (Å²) in [7, 11) is 1.34. The first-order valence-corrected chi connectivity index (χ1v) is 9.66. The van der Waals surface area contributed by atoms with E-state index in [2.05, 4.69) is 0 Å². The van der Waals surface area contributed by atoms with Gasteiger partial charge in [0.15, 0.2) is 3.95 Å². The van der Waals surface area contributed by atoms with Crippen LogP contribution in [-0.2, 0) is 4.74 Å². The normalized spacial score (nSPS) is 14.3. The Hall–Kier alpha value is -2.19. The van der Waals surface area contributed by atoms with Gasteiger partial charge in [0.2, 0.25) is 0 Å². The first kappa shape index (κ1) is 18.6. The third-order valence-electron chi connectivity index (χ3n) is 4.55. The molecule has 0 unspecified atom stereocenters. The molecule has 2 aromatic rings. The highest BCUT2D eigenvalue weighted by Gasteiger charge is 2.25. The lowest BCUT2D eigenvalue weighted by Gasteiger charge is -2.26. The van der Waals surface area contributed by atoms with Gasteiger partial charge in [0.1, 0.15) is 10.7 Å². The molecule has 1 saturated heterocycles. The molecule has 0 atom stereocenters. The van der Waals surface area contributed by atoms with Gasteiger partial charge in [-0.3, -0.25) is 9.36 Å². The minimum atomic E-state index is -0.434. The van der Waals surface area contributed by atoms with Crippen LogP contribution in [0.2, 0.25) is 0 Å². The molecule has 26 heavy (non-hydrogen) atoms. The van der Waals surface area contributed by atoms with Crippen LogP contribution in [0, 0.1) is 10.9 Å². The molecular weight excluding hydrogens is 370 g/mol. The number of amides is 1. The first-order valence-electron chi connectivity index (χ1n) is 8.44. The van der Waals surface area contributed by atoms with E-state index >= 15 is 0 Å². The monoisotopic (exact) mass is 391 g/mol. The fourth-order valence-electron chi connectivity index (χ4n) is 3.10. The first-order chi connectivity index (χ1) is 12.4. The summed E-state index contributed by atoms with van der Waals surface area (Å²) >= 11 is 6.69. The summed E-state index contributed by atoms with van der Waals surface area (Å²) in [6.45, 7) is 3.40. The molecule has 138 valence electrons. The lowest BCUT2D eigenvalue weighted by atomic mass is 10.1. The number of hydrogen-bond donors (Lipinski definition) is 1. The second-order valence-corrected chi connectivity index (χ2v) is 7.91. The van der Waals surface area contributed by atoms with Gasteiger partial charge in [-0.25, -0.2) is 4.79 Å². The van der Waals surface area contributed by atoms with Crippen molar-refractivity contribution in [3.05, 3.63) is 38.2 Å². The van der Waals surface area contributed by atoms with Crippen molar-refractivity contribution in [1.82, 2.24) is 9.47 Å². The Morgan fingerprint density at radius 1 is 1.23 bits per heavy atom. The van der Waals surface area contributed by atoms with Crippen LogP contribution in [0.4, 0.5) is 5.82 Å². The highest BCUT2D eigenvalue weighted by molar-refractivity contribution is 7.73. The van der Waals surface area contributed by atoms with Crippen molar-refractivity contribution in [2.75, 3.05) is 25.9 Å². The number of thiazole rings is 1. The summed E-state index contributed by atoms with van der Waals surface area (Å²) in [5, 5.41) is 0. The van der Waals surface area contributed by atoms with Gasteiger partial charge in [-0.15, -0.1) is 0 Å². The smallest absolute Gasteiger partial charge is 0.337 e. The van der Waals surface area contributed by atoms with Crippen LogP contribution >= 0.6 is 23.6 Å². The molecule has 0 bridgehead atoms. The quantitative estimate of drug-likeness (QED) is 0.639. The van der Waals surface area contributed by atoms with Crippen LogP contribution in [0.15, 0.2) is 18.2 Å². The van der Waals surface area contributed by atoms with E-state index in [9.17, 15) is 9.59 Å². The lowest BCUT2D eigenvalue weighted by Crippen LogP contribution is -2.35. The molecule has 3 rings (SSSR count). The highest BCUT2D eigenvalue weighted by atomic mass is 32.1. The number of aryl methyl sites for hydroxylation is 1. The van der Waals surface area contributed by atoms with Crippen LogP contribution in [0.5, 0.6) is 0 Å². The Balaban J connectivity index is 2.05. The maximum absolute atomic E-state index is 12.8. The molecular formula is C18H21N3O3S2. The van der Waals surface area contributed by atoms with Crippen LogP contribution in [0.1, 0.15) is 44.9 Å². The molecule has 0 radical (unpaired) electrons. The number of piperidine rings is 1. The summed E-state index contributed by atoms with van der Waals surface area (Å²) in [5.74, 6) is -0.185. The summed E-state index contributed by atoms with van der Waals surface area (Å²) < 4.78 is 6.93. The van der Waals surface area contributed by atoms with Gasteiger partial charge in [-0.2, -0.15) is 0 Å². The topological polar surface area (TPSA) is 77.6 Å². The van der Waals surface area contributed by atoms with Crippen LogP contribution in [0.3, 0.4) is 0 Å². The van der Waals surface area contributed by atoms with Gasteiger partial charge in [0, 0.05) is 13.1 Å². The van der Waals surface area contributed by atoms with Crippen LogP contribution in [-0.4, -0.2) is 41.5 Å². The number of nitrogens with zero attached hydrogens (tertiary/aromatic N) is 2. The lowest BCUT2D eigenvalue weighted by molar-refractivity contribution is 0.0600. The van der Waals surface area contributed by atoms with Gasteiger partial charge in [-0.05, 0) is 56.1 Å². The third-order valence-corrected chi connectivity index (χ3v) is 5.93. The fourth-order valence-corrected chi connectivity index (χ4v) is 4.42. The van der Waals surface area contributed by atoms with Crippen molar-refractivity contribution in [2.24, 2.45) is 0 Å². The Morgan fingerprint density at radius 2 is 1.92 bits per heavy atom. The van der Waals surface area contributed by atoms with E-state index in [1.54, 1.807) is 16.7 Å². The van der Waals surface area contributed by atoms with E-state index in [0.717, 1.165) is 37.9 Å². The number of benzene rings is 1. The molecule has 0 aliphatic carbocycles. The molecule has 2 N–H and O–H groups in total. The Morgan fingerprint density at radius 3 is 2.58 bits per heavy atom. The molecule has 0 spiro atoms. The zero-order valence-corrected chi connectivity index (χ0v) is 16.4. The summed E-state index contributed by atoms with van der Waals surface area (Å²) in [6, 6.07) is 5.19. The standard InChI is InChI=1S/C18H21N3O3S2/c1-11-6-7-12(17(23)24-2)10-13(11)21-15(19)14(26-18(21)25)16(22)20-8-4-3-5-9-20/h6-7,10H,3-5,8-9,19H2,1-2H3. The molecule has 2 heterocycles. The van der Waals surface area contributed by atoms with E-state index in [4.69, 9.17) is 22.7 Å². The Bertz CT molecular complexity index is 911. The van der Waals surface area contributed by atoms with E-state index < -0.39 is 5.97 Å². The van der Waals surface area contributed by atoms with Gasteiger partial charge < -0.3 is 15.4 Å². The number of esters is 1. The number of aromatic nitrogens is 1. The number of rotatable bonds is 3. The number of likely N-dealkylation sites (tertiary alicyclic amines) is 1. The van der Waals surface area contributed by atoms with Gasteiger partial charge in [0.25, 0.3) is 5.91 Å². The highest BCUT2D eigenvalue weighted by Crippen LogP contribution is 2.30. The number of anilines is 1. The minimum absolute atomic E-state index is 0.0705. The average molecular weight is 392 g/mol. The summed E-state index contributed by atoms with van der Waals surface area (Å²) in [5.41, 5.74) is 8.30. The van der Waals surface area contributed by atoms with E-state index in [1.807, 2.05) is 17.9 Å². The minimum Gasteiger partial charge on any atom is -0.465 e. The van der Waals surface area contributed by atoms with E-state index in [-0.39, 0.29) is 5.91 Å². The maximum atomic E-state index is 12.8. The van der Waals surface area contributed by atoms with Crippen molar-refractivity contribution in [1.29, 1.82) is 0 Å². The van der Waals surface area contributed by atoms with Gasteiger partial charge in [0.05, 0.1) is 18.4 Å². The van der Waals surface area contributed by atoms with Crippen molar-refractivity contribution in [3.63, 3.8) is 0 Å². The molecule has 1 aromatic carbocycles. The summed E-state index contributed by atoms with van der Waals surface area (Å²) in [4.78, 5) is 27.0. The summed E-state index contributed by atoms with van der Waals surface area (Å²) in [6.07, 6.45) is 3.17. The molecule has 1 aliphatic heterocycles. The second-order valence-electron chi connectivity index (χ2n) is 6.26. The second kappa shape index (κ2) is 7.59. The predicted molar refractivity (Wildman–Crippen MR) is 105 cm³/mol. The zero-order chi connectivity index (χ0) is 18.8. The molecule has 6 nitrogen and oxygen atoms in total. The number of methoxy groups -OCH3 is 1. The molecule has 1 aromatic heterocycles. The molecule has 1 amide bonds. The molecule has 0 saturated carbocycles. The molecule has 8 heteroatoms. The number of nitrogens with two attached hydrogens (primary N) is 1.